The zero-order valence-corrected chi connectivity index (χ0v) is 8.86. The Morgan fingerprint density at radius 1 is 1.08 bits per heavy atom. The molecule has 0 aromatic rings. The molecular formula is C10H22N2O. The number of hydrogen-bond donors (Lipinski definition) is 2. The van der Waals surface area contributed by atoms with Crippen molar-refractivity contribution in [1.82, 2.24) is 10.6 Å². The Labute approximate surface area is 81.3 Å². The van der Waals surface area contributed by atoms with Gasteiger partial charge in [-0.05, 0) is 19.4 Å². The standard InChI is InChI=1S/C10H22N2O/c1-3-5-6-8-12-10(13)9-11-7-4-2/h11H,3-9H2,1-2H3,(H,12,13). The van der Waals surface area contributed by atoms with E-state index in [2.05, 4.69) is 24.5 Å². The van der Waals surface area contributed by atoms with E-state index in [0.717, 1.165) is 25.9 Å². The van der Waals surface area contributed by atoms with Gasteiger partial charge in [0.2, 0.25) is 5.91 Å². The fraction of sp³-hybridized carbons (Fsp3) is 0.900. The first kappa shape index (κ1) is 12.4. The van der Waals surface area contributed by atoms with Crippen LogP contribution in [0.25, 0.3) is 0 Å². The Bertz CT molecular complexity index is 126. The molecule has 0 saturated carbocycles. The molecule has 2 N–H and O–H groups in total. The lowest BCUT2D eigenvalue weighted by atomic mass is 10.2. The first-order valence-electron chi connectivity index (χ1n) is 5.28. The first-order chi connectivity index (χ1) is 6.31. The maximum absolute atomic E-state index is 11.1. The summed E-state index contributed by atoms with van der Waals surface area (Å²) in [7, 11) is 0. The Kier molecular flexibility index (Phi) is 9.10. The van der Waals surface area contributed by atoms with E-state index in [1.165, 1.54) is 12.8 Å². The second kappa shape index (κ2) is 9.52. The largest absolute Gasteiger partial charge is 0.355 e. The van der Waals surface area contributed by atoms with Crippen LogP contribution in [0, 0.1) is 0 Å². The van der Waals surface area contributed by atoms with Crippen LogP contribution < -0.4 is 10.6 Å². The highest BCUT2D eigenvalue weighted by atomic mass is 16.1. The minimum Gasteiger partial charge on any atom is -0.355 e. The molecule has 3 heteroatoms. The van der Waals surface area contributed by atoms with Gasteiger partial charge in [-0.25, -0.2) is 0 Å². The van der Waals surface area contributed by atoms with Crippen LogP contribution in [0.15, 0.2) is 0 Å². The van der Waals surface area contributed by atoms with Crippen molar-refractivity contribution in [2.45, 2.75) is 39.5 Å². The van der Waals surface area contributed by atoms with Gasteiger partial charge in [-0.3, -0.25) is 4.79 Å². The van der Waals surface area contributed by atoms with Crippen LogP contribution in [-0.2, 0) is 4.79 Å². The molecule has 0 aliphatic carbocycles. The number of unbranched alkanes of at least 4 members (excludes halogenated alkanes) is 2. The summed E-state index contributed by atoms with van der Waals surface area (Å²) < 4.78 is 0. The third-order valence-electron chi connectivity index (χ3n) is 1.81. The van der Waals surface area contributed by atoms with Gasteiger partial charge in [-0.2, -0.15) is 0 Å². The number of hydrogen-bond acceptors (Lipinski definition) is 2. The van der Waals surface area contributed by atoms with Crippen LogP contribution in [-0.4, -0.2) is 25.5 Å². The van der Waals surface area contributed by atoms with Crippen molar-refractivity contribution in [3.63, 3.8) is 0 Å². The highest BCUT2D eigenvalue weighted by molar-refractivity contribution is 5.77. The molecule has 0 spiro atoms. The maximum Gasteiger partial charge on any atom is 0.233 e. The number of amides is 1. The van der Waals surface area contributed by atoms with Crippen LogP contribution in [0.5, 0.6) is 0 Å². The van der Waals surface area contributed by atoms with Gasteiger partial charge < -0.3 is 10.6 Å². The molecule has 0 rings (SSSR count). The number of rotatable bonds is 8. The Morgan fingerprint density at radius 3 is 2.46 bits per heavy atom. The topological polar surface area (TPSA) is 41.1 Å². The third-order valence-corrected chi connectivity index (χ3v) is 1.81. The van der Waals surface area contributed by atoms with Gasteiger partial charge in [0.1, 0.15) is 0 Å². The summed E-state index contributed by atoms with van der Waals surface area (Å²) in [6.45, 7) is 6.44. The fourth-order valence-corrected chi connectivity index (χ4v) is 1.04. The summed E-state index contributed by atoms with van der Waals surface area (Å²) >= 11 is 0. The van der Waals surface area contributed by atoms with Crippen molar-refractivity contribution in [2.24, 2.45) is 0 Å². The zero-order chi connectivity index (χ0) is 9.94. The average Bonchev–Trinajstić information content (AvgIpc) is 2.13. The minimum absolute atomic E-state index is 0.115. The van der Waals surface area contributed by atoms with E-state index in [0.29, 0.717) is 6.54 Å². The molecule has 0 unspecified atom stereocenters. The minimum atomic E-state index is 0.115. The molecule has 0 bridgehead atoms. The monoisotopic (exact) mass is 186 g/mol. The van der Waals surface area contributed by atoms with Gasteiger partial charge in [0.05, 0.1) is 6.54 Å². The number of nitrogens with one attached hydrogen (secondary N) is 2. The molecule has 0 radical (unpaired) electrons. The normalized spacial score (nSPS) is 10.0. The lowest BCUT2D eigenvalue weighted by Crippen LogP contribution is -2.34. The van der Waals surface area contributed by atoms with E-state index in [4.69, 9.17) is 0 Å². The predicted molar refractivity (Wildman–Crippen MR) is 55.7 cm³/mol. The van der Waals surface area contributed by atoms with E-state index in [9.17, 15) is 4.79 Å². The molecule has 0 aromatic heterocycles. The highest BCUT2D eigenvalue weighted by Crippen LogP contribution is 1.90. The number of carbonyl (C=O) groups is 1. The Morgan fingerprint density at radius 2 is 1.85 bits per heavy atom. The van der Waals surface area contributed by atoms with E-state index >= 15 is 0 Å². The molecule has 1 amide bonds. The molecule has 13 heavy (non-hydrogen) atoms. The highest BCUT2D eigenvalue weighted by Gasteiger charge is 1.97. The van der Waals surface area contributed by atoms with Crippen LogP contribution >= 0.6 is 0 Å². The second-order valence-electron chi connectivity index (χ2n) is 3.23. The van der Waals surface area contributed by atoms with Crippen molar-refractivity contribution in [1.29, 1.82) is 0 Å². The molecule has 3 nitrogen and oxygen atoms in total. The predicted octanol–water partition coefficient (Wildman–Crippen LogP) is 1.29. The second-order valence-corrected chi connectivity index (χ2v) is 3.23. The molecule has 0 heterocycles. The maximum atomic E-state index is 11.1. The SMILES string of the molecule is CCCCCNC(=O)CNCCC. The Hall–Kier alpha value is -0.570. The van der Waals surface area contributed by atoms with Gasteiger partial charge >= 0.3 is 0 Å². The summed E-state index contributed by atoms with van der Waals surface area (Å²) in [4.78, 5) is 11.1. The molecule has 0 aliphatic heterocycles. The van der Waals surface area contributed by atoms with Crippen molar-refractivity contribution < 1.29 is 4.79 Å². The van der Waals surface area contributed by atoms with E-state index in [1.54, 1.807) is 0 Å². The number of carbonyl (C=O) groups excluding carboxylic acids is 1. The summed E-state index contributed by atoms with van der Waals surface area (Å²) in [6.07, 6.45) is 4.56. The summed E-state index contributed by atoms with van der Waals surface area (Å²) in [5.41, 5.74) is 0. The summed E-state index contributed by atoms with van der Waals surface area (Å²) in [5.74, 6) is 0.115. The van der Waals surface area contributed by atoms with Gasteiger partial charge in [-0.1, -0.05) is 26.7 Å². The fourth-order valence-electron chi connectivity index (χ4n) is 1.04. The Balaban J connectivity index is 3.11. The van der Waals surface area contributed by atoms with Crippen LogP contribution in [0.3, 0.4) is 0 Å². The van der Waals surface area contributed by atoms with E-state index < -0.39 is 0 Å². The summed E-state index contributed by atoms with van der Waals surface area (Å²) in [6, 6.07) is 0. The molecule has 0 atom stereocenters. The first-order valence-corrected chi connectivity index (χ1v) is 5.28. The molecule has 0 aliphatic rings. The quantitative estimate of drug-likeness (QED) is 0.561. The van der Waals surface area contributed by atoms with Gasteiger partial charge in [0.15, 0.2) is 0 Å². The van der Waals surface area contributed by atoms with Gasteiger partial charge in [-0.15, -0.1) is 0 Å². The van der Waals surface area contributed by atoms with Crippen molar-refractivity contribution in [3.05, 3.63) is 0 Å². The van der Waals surface area contributed by atoms with Crippen molar-refractivity contribution in [2.75, 3.05) is 19.6 Å². The molecular weight excluding hydrogens is 164 g/mol. The summed E-state index contributed by atoms with van der Waals surface area (Å²) in [5, 5.41) is 5.94. The lowest BCUT2D eigenvalue weighted by Gasteiger charge is -2.04. The van der Waals surface area contributed by atoms with Crippen molar-refractivity contribution >= 4 is 5.91 Å². The van der Waals surface area contributed by atoms with Crippen LogP contribution in [0.1, 0.15) is 39.5 Å². The average molecular weight is 186 g/mol. The third kappa shape index (κ3) is 9.34. The van der Waals surface area contributed by atoms with E-state index in [-0.39, 0.29) is 5.91 Å². The molecule has 0 saturated heterocycles. The lowest BCUT2D eigenvalue weighted by molar-refractivity contribution is -0.120. The zero-order valence-electron chi connectivity index (χ0n) is 8.86. The van der Waals surface area contributed by atoms with Crippen LogP contribution in [0.2, 0.25) is 0 Å². The molecule has 78 valence electrons. The van der Waals surface area contributed by atoms with Gasteiger partial charge in [0.25, 0.3) is 0 Å². The van der Waals surface area contributed by atoms with Crippen LogP contribution in [0.4, 0.5) is 0 Å². The van der Waals surface area contributed by atoms with E-state index in [1.807, 2.05) is 0 Å². The van der Waals surface area contributed by atoms with Gasteiger partial charge in [0, 0.05) is 6.54 Å². The van der Waals surface area contributed by atoms with Crippen molar-refractivity contribution in [3.8, 4) is 0 Å². The molecule has 0 fully saturated rings. The smallest absolute Gasteiger partial charge is 0.233 e. The molecule has 0 aromatic carbocycles.